The predicted molar refractivity (Wildman–Crippen MR) is 84.4 cm³/mol. The fourth-order valence-electron chi connectivity index (χ4n) is 2.86. The number of oxime groups is 1. The number of hydrogen-bond donors (Lipinski definition) is 1. The number of β-amino-alcohol motifs (C(OH)–C–C–N with tert-alkyl or cyclic N) is 1. The van der Waals surface area contributed by atoms with E-state index < -0.39 is 11.0 Å². The average molecular weight is 325 g/mol. The van der Waals surface area contributed by atoms with Gasteiger partial charge in [-0.2, -0.15) is 0 Å². The predicted octanol–water partition coefficient (Wildman–Crippen LogP) is 2.16. The first kappa shape index (κ1) is 17.4. The van der Waals surface area contributed by atoms with Crippen LogP contribution in [0.3, 0.4) is 0 Å². The van der Waals surface area contributed by atoms with Gasteiger partial charge in [-0.15, -0.1) is 0 Å². The minimum absolute atomic E-state index is 0.0647. The summed E-state index contributed by atoms with van der Waals surface area (Å²) in [6.45, 7) is 4.95. The summed E-state index contributed by atoms with van der Waals surface area (Å²) < 4.78 is 4.90. The Labute approximate surface area is 134 Å². The third kappa shape index (κ3) is 5.04. The van der Waals surface area contributed by atoms with Gasteiger partial charge in [0.25, 0.3) is 0 Å². The Morgan fingerprint density at radius 3 is 2.83 bits per heavy atom. The number of piperidine rings is 1. The molecule has 1 fully saturated rings. The van der Waals surface area contributed by atoms with Crippen molar-refractivity contribution in [2.24, 2.45) is 5.16 Å². The molecular formula is C15H23N3O5. The maximum Gasteiger partial charge on any atom is 0.433 e. The molecule has 1 aromatic heterocycles. The maximum atomic E-state index is 10.5. The van der Waals surface area contributed by atoms with Gasteiger partial charge in [-0.3, -0.25) is 15.0 Å². The summed E-state index contributed by atoms with van der Waals surface area (Å²) >= 11 is 0. The quantitative estimate of drug-likeness (QED) is 0.468. The van der Waals surface area contributed by atoms with E-state index in [9.17, 15) is 15.2 Å². The van der Waals surface area contributed by atoms with Crippen molar-refractivity contribution in [2.45, 2.75) is 51.3 Å². The summed E-state index contributed by atoms with van der Waals surface area (Å²) in [7, 11) is 0. The van der Waals surface area contributed by atoms with E-state index in [-0.39, 0.29) is 18.3 Å². The summed E-state index contributed by atoms with van der Waals surface area (Å²) in [6, 6.07) is 3.59. The Morgan fingerprint density at radius 1 is 1.52 bits per heavy atom. The van der Waals surface area contributed by atoms with E-state index in [4.69, 9.17) is 9.25 Å². The zero-order valence-electron chi connectivity index (χ0n) is 13.4. The Hall–Kier alpha value is -1.93. The van der Waals surface area contributed by atoms with Gasteiger partial charge in [-0.25, -0.2) is 0 Å². The number of rotatable bonds is 7. The fraction of sp³-hybridized carbons (Fsp3) is 0.667. The summed E-state index contributed by atoms with van der Waals surface area (Å²) in [5.41, 5.74) is 0. The molecule has 0 radical (unpaired) electrons. The van der Waals surface area contributed by atoms with Crippen LogP contribution < -0.4 is 0 Å². The summed E-state index contributed by atoms with van der Waals surface area (Å²) in [5.74, 6) is -0.121. The number of likely N-dealkylation sites (tertiary alicyclic amines) is 1. The van der Waals surface area contributed by atoms with Gasteiger partial charge in [0.1, 0.15) is 23.8 Å². The average Bonchev–Trinajstić information content (AvgIpc) is 2.97. The van der Waals surface area contributed by atoms with Crippen LogP contribution in [-0.4, -0.2) is 52.5 Å². The molecule has 1 N–H and O–H groups in total. The molecule has 23 heavy (non-hydrogen) atoms. The number of furan rings is 1. The van der Waals surface area contributed by atoms with Crippen molar-refractivity contribution in [1.29, 1.82) is 0 Å². The summed E-state index contributed by atoms with van der Waals surface area (Å²) in [4.78, 5) is 17.2. The lowest BCUT2D eigenvalue weighted by atomic mass is 9.97. The molecule has 0 aliphatic carbocycles. The van der Waals surface area contributed by atoms with Gasteiger partial charge in [0.15, 0.2) is 5.76 Å². The van der Waals surface area contributed by atoms with Crippen molar-refractivity contribution in [3.8, 4) is 0 Å². The zero-order chi connectivity index (χ0) is 16.8. The van der Waals surface area contributed by atoms with Gasteiger partial charge < -0.3 is 14.4 Å². The van der Waals surface area contributed by atoms with Crippen LogP contribution in [0.15, 0.2) is 21.7 Å². The first-order valence-corrected chi connectivity index (χ1v) is 7.80. The van der Waals surface area contributed by atoms with Crippen LogP contribution in [0.4, 0.5) is 5.88 Å². The molecule has 0 saturated carbocycles. The van der Waals surface area contributed by atoms with Crippen LogP contribution in [-0.2, 0) is 4.84 Å². The highest BCUT2D eigenvalue weighted by molar-refractivity contribution is 5.75. The molecule has 3 unspecified atom stereocenters. The first-order valence-electron chi connectivity index (χ1n) is 7.80. The van der Waals surface area contributed by atoms with Crippen molar-refractivity contribution in [3.63, 3.8) is 0 Å². The maximum absolute atomic E-state index is 10.5. The molecule has 0 amide bonds. The molecule has 0 spiro atoms. The van der Waals surface area contributed by atoms with Gasteiger partial charge in [-0.05, 0) is 32.8 Å². The van der Waals surface area contributed by atoms with Crippen LogP contribution in [0.2, 0.25) is 0 Å². The molecule has 1 aliphatic heterocycles. The largest absolute Gasteiger partial charge is 0.433 e. The Bertz CT molecular complexity index is 535. The number of nitro groups is 1. The second-order valence-corrected chi connectivity index (χ2v) is 5.94. The molecular weight excluding hydrogens is 302 g/mol. The zero-order valence-corrected chi connectivity index (χ0v) is 13.4. The highest BCUT2D eigenvalue weighted by Gasteiger charge is 2.26. The Kier molecular flexibility index (Phi) is 6.12. The van der Waals surface area contributed by atoms with Crippen LogP contribution in [0, 0.1) is 10.1 Å². The molecule has 0 bridgehead atoms. The van der Waals surface area contributed by atoms with Crippen molar-refractivity contribution < 1.29 is 19.3 Å². The molecule has 2 heterocycles. The highest BCUT2D eigenvalue weighted by atomic mass is 16.7. The SMILES string of the molecule is CC1CCCC(C)N1CC(O)CON=Cc1ccc([N+](=O)[O-])o1. The Balaban J connectivity index is 1.74. The second-order valence-electron chi connectivity index (χ2n) is 5.94. The minimum atomic E-state index is -0.638. The van der Waals surface area contributed by atoms with Crippen molar-refractivity contribution in [1.82, 2.24) is 4.90 Å². The minimum Gasteiger partial charge on any atom is -0.400 e. The summed E-state index contributed by atoms with van der Waals surface area (Å²) in [6.07, 6.45) is 4.12. The van der Waals surface area contributed by atoms with E-state index in [0.717, 1.165) is 12.8 Å². The molecule has 8 heteroatoms. The fourth-order valence-corrected chi connectivity index (χ4v) is 2.86. The van der Waals surface area contributed by atoms with Gasteiger partial charge in [0.05, 0.1) is 6.07 Å². The standard InChI is InChI=1S/C15H23N3O5/c1-11-4-3-5-12(2)17(11)9-13(19)10-22-16-8-14-6-7-15(23-14)18(20)21/h6-8,11-13,19H,3-5,9-10H2,1-2H3. The van der Waals surface area contributed by atoms with Crippen LogP contribution in [0.5, 0.6) is 0 Å². The second kappa shape index (κ2) is 8.07. The topological polar surface area (TPSA) is 101 Å². The highest BCUT2D eigenvalue weighted by Crippen LogP contribution is 2.22. The number of aliphatic hydroxyl groups excluding tert-OH is 1. The van der Waals surface area contributed by atoms with E-state index in [2.05, 4.69) is 23.9 Å². The molecule has 1 saturated heterocycles. The van der Waals surface area contributed by atoms with Gasteiger partial charge >= 0.3 is 5.88 Å². The Morgan fingerprint density at radius 2 is 2.22 bits per heavy atom. The van der Waals surface area contributed by atoms with E-state index in [1.165, 1.54) is 24.8 Å². The monoisotopic (exact) mass is 325 g/mol. The number of nitrogens with zero attached hydrogens (tertiary/aromatic N) is 3. The van der Waals surface area contributed by atoms with Crippen LogP contribution in [0.25, 0.3) is 0 Å². The van der Waals surface area contributed by atoms with E-state index in [0.29, 0.717) is 18.6 Å². The molecule has 3 atom stereocenters. The normalized spacial score (nSPS) is 24.0. The third-order valence-corrected chi connectivity index (χ3v) is 4.11. The van der Waals surface area contributed by atoms with Crippen molar-refractivity contribution in [2.75, 3.05) is 13.2 Å². The molecule has 1 aliphatic rings. The number of hydrogen-bond acceptors (Lipinski definition) is 7. The van der Waals surface area contributed by atoms with Crippen molar-refractivity contribution >= 4 is 12.1 Å². The molecule has 1 aromatic rings. The van der Waals surface area contributed by atoms with Crippen LogP contribution >= 0.6 is 0 Å². The lowest BCUT2D eigenvalue weighted by Gasteiger charge is -2.39. The van der Waals surface area contributed by atoms with E-state index in [1.807, 2.05) is 0 Å². The lowest BCUT2D eigenvalue weighted by molar-refractivity contribution is -0.402. The lowest BCUT2D eigenvalue weighted by Crippen LogP contribution is -2.48. The molecule has 128 valence electrons. The van der Waals surface area contributed by atoms with Gasteiger partial charge in [0, 0.05) is 18.6 Å². The first-order chi connectivity index (χ1) is 11.0. The van der Waals surface area contributed by atoms with Gasteiger partial charge in [0.2, 0.25) is 0 Å². The smallest absolute Gasteiger partial charge is 0.400 e. The van der Waals surface area contributed by atoms with E-state index >= 15 is 0 Å². The number of aliphatic hydroxyl groups is 1. The van der Waals surface area contributed by atoms with Gasteiger partial charge in [-0.1, -0.05) is 11.6 Å². The molecule has 0 aromatic carbocycles. The van der Waals surface area contributed by atoms with Crippen molar-refractivity contribution in [3.05, 3.63) is 28.0 Å². The van der Waals surface area contributed by atoms with E-state index in [1.54, 1.807) is 0 Å². The molecule has 8 nitrogen and oxygen atoms in total. The van der Waals surface area contributed by atoms with Crippen LogP contribution in [0.1, 0.15) is 38.9 Å². The molecule has 2 rings (SSSR count). The third-order valence-electron chi connectivity index (χ3n) is 4.11. The summed E-state index contributed by atoms with van der Waals surface area (Å²) in [5, 5.41) is 24.2.